The molecule has 0 spiro atoms. The highest BCUT2D eigenvalue weighted by molar-refractivity contribution is 6.02. The number of fused-ring (bicyclic) bond motifs is 2. The van der Waals surface area contributed by atoms with E-state index in [2.05, 4.69) is 5.32 Å². The van der Waals surface area contributed by atoms with Crippen LogP contribution < -0.4 is 5.32 Å². The van der Waals surface area contributed by atoms with E-state index in [4.69, 9.17) is 4.74 Å². The molecule has 1 aliphatic carbocycles. The minimum atomic E-state index is -0.832. The smallest absolute Gasteiger partial charge is 0.310 e. The molecule has 2 aliphatic rings. The number of anilines is 1. The van der Waals surface area contributed by atoms with E-state index in [9.17, 15) is 19.5 Å². The first-order valence-corrected chi connectivity index (χ1v) is 13.0. The van der Waals surface area contributed by atoms with Crippen LogP contribution >= 0.6 is 0 Å². The van der Waals surface area contributed by atoms with Crippen LogP contribution in [-0.4, -0.2) is 53.1 Å². The number of ether oxygens (including phenoxy) is 1. The third-order valence-electron chi connectivity index (χ3n) is 7.59. The zero-order valence-corrected chi connectivity index (χ0v) is 21.2. The van der Waals surface area contributed by atoms with E-state index in [0.717, 1.165) is 23.6 Å². The number of rotatable bonds is 9. The van der Waals surface area contributed by atoms with Crippen molar-refractivity contribution in [3.8, 4) is 0 Å². The first-order chi connectivity index (χ1) is 17.4. The molecule has 1 saturated heterocycles. The molecule has 0 radical (unpaired) electrons. The van der Waals surface area contributed by atoms with Crippen LogP contribution in [0.25, 0.3) is 10.8 Å². The molecular formula is C29H36N2O5. The van der Waals surface area contributed by atoms with Crippen LogP contribution in [0.4, 0.5) is 5.69 Å². The second-order valence-electron chi connectivity index (χ2n) is 9.70. The van der Waals surface area contributed by atoms with Gasteiger partial charge in [0.25, 0.3) is 0 Å². The molecule has 0 bridgehead atoms. The van der Waals surface area contributed by atoms with Gasteiger partial charge in [-0.2, -0.15) is 0 Å². The Morgan fingerprint density at radius 1 is 1.08 bits per heavy atom. The van der Waals surface area contributed by atoms with E-state index >= 15 is 0 Å². The standard InChI is InChI=1S/C29H36N2O5/c1-4-9-19-13-15-23-25(24(19)29(35)36-6-3)28(34)31(22(5-2)17-32)26(23)27(33)30-21-14-12-18-10-7-8-11-20(18)16-21/h7-8,10-16,19,22-26,32H,4-6,9,17H2,1-3H3,(H,30,33)/t19-,22+,23+,24-,25+,26+/m1/s1. The lowest BCUT2D eigenvalue weighted by atomic mass is 9.69. The molecule has 1 fully saturated rings. The Kier molecular flexibility index (Phi) is 8.09. The Hall–Kier alpha value is -3.19. The lowest BCUT2D eigenvalue weighted by Gasteiger charge is -2.34. The SMILES string of the molecule is CCC[C@@H]1C=C[C@H]2[C@H](C(=O)N([C@@H](CC)CO)[C@@H]2C(=O)Nc2ccc3ccccc3c2)[C@@H]1C(=O)OCC. The number of esters is 1. The van der Waals surface area contributed by atoms with Gasteiger partial charge in [-0.25, -0.2) is 0 Å². The van der Waals surface area contributed by atoms with Gasteiger partial charge >= 0.3 is 5.97 Å². The fourth-order valence-corrected chi connectivity index (χ4v) is 5.90. The predicted octanol–water partition coefficient (Wildman–Crippen LogP) is 4.16. The molecule has 2 aromatic carbocycles. The second kappa shape index (κ2) is 11.2. The molecule has 0 saturated carbocycles. The van der Waals surface area contributed by atoms with E-state index in [1.165, 1.54) is 4.90 Å². The Bertz CT molecular complexity index is 1140. The van der Waals surface area contributed by atoms with Gasteiger partial charge in [-0.3, -0.25) is 14.4 Å². The van der Waals surface area contributed by atoms with E-state index in [1.54, 1.807) is 6.92 Å². The summed E-state index contributed by atoms with van der Waals surface area (Å²) in [5.74, 6) is -2.93. The zero-order chi connectivity index (χ0) is 25.8. The molecular weight excluding hydrogens is 456 g/mol. The molecule has 7 heteroatoms. The normalized spacial score (nSPS) is 26.1. The summed E-state index contributed by atoms with van der Waals surface area (Å²) in [7, 11) is 0. The van der Waals surface area contributed by atoms with Gasteiger partial charge in [-0.15, -0.1) is 0 Å². The summed E-state index contributed by atoms with van der Waals surface area (Å²) < 4.78 is 5.40. The van der Waals surface area contributed by atoms with E-state index in [-0.39, 0.29) is 30.9 Å². The predicted molar refractivity (Wildman–Crippen MR) is 139 cm³/mol. The quantitative estimate of drug-likeness (QED) is 0.405. The number of aliphatic hydroxyl groups excluding tert-OH is 1. The van der Waals surface area contributed by atoms with Crippen molar-refractivity contribution in [1.29, 1.82) is 0 Å². The molecule has 0 aromatic heterocycles. The molecule has 7 nitrogen and oxygen atoms in total. The summed E-state index contributed by atoms with van der Waals surface area (Å²) in [6.07, 6.45) is 6.03. The highest BCUT2D eigenvalue weighted by atomic mass is 16.5. The van der Waals surface area contributed by atoms with Crippen molar-refractivity contribution >= 4 is 34.2 Å². The van der Waals surface area contributed by atoms with Gasteiger partial charge in [0.1, 0.15) is 6.04 Å². The molecule has 2 aromatic rings. The fraction of sp³-hybridized carbons (Fsp3) is 0.483. The number of carbonyl (C=O) groups is 3. The third-order valence-corrected chi connectivity index (χ3v) is 7.59. The number of hydrogen-bond donors (Lipinski definition) is 2. The minimum Gasteiger partial charge on any atom is -0.466 e. The maximum Gasteiger partial charge on any atom is 0.310 e. The first-order valence-electron chi connectivity index (χ1n) is 13.0. The number of aliphatic hydroxyl groups is 1. The maximum absolute atomic E-state index is 13.9. The molecule has 2 amide bonds. The van der Waals surface area contributed by atoms with Gasteiger partial charge in [-0.1, -0.05) is 62.8 Å². The maximum atomic E-state index is 13.9. The number of carbonyl (C=O) groups excluding carboxylic acids is 3. The number of allylic oxidation sites excluding steroid dienone is 1. The third kappa shape index (κ3) is 4.76. The Morgan fingerprint density at radius 2 is 1.83 bits per heavy atom. The van der Waals surface area contributed by atoms with Crippen LogP contribution in [0.1, 0.15) is 40.0 Å². The van der Waals surface area contributed by atoms with Gasteiger partial charge < -0.3 is 20.1 Å². The number of likely N-dealkylation sites (tertiary alicyclic amines) is 1. The summed E-state index contributed by atoms with van der Waals surface area (Å²) in [6.45, 7) is 5.65. The molecule has 6 atom stereocenters. The van der Waals surface area contributed by atoms with Gasteiger partial charge in [-0.05, 0) is 48.6 Å². The monoisotopic (exact) mass is 492 g/mol. The highest BCUT2D eigenvalue weighted by Crippen LogP contribution is 2.46. The number of nitrogens with one attached hydrogen (secondary N) is 1. The Labute approximate surface area is 212 Å². The summed E-state index contributed by atoms with van der Waals surface area (Å²) in [5.41, 5.74) is 0.636. The number of amides is 2. The first kappa shape index (κ1) is 25.9. The van der Waals surface area contributed by atoms with Gasteiger partial charge in [0.15, 0.2) is 0 Å². The van der Waals surface area contributed by atoms with Crippen molar-refractivity contribution < 1.29 is 24.2 Å². The fourth-order valence-electron chi connectivity index (χ4n) is 5.90. The highest BCUT2D eigenvalue weighted by Gasteiger charge is 2.58. The molecule has 1 heterocycles. The summed E-state index contributed by atoms with van der Waals surface area (Å²) in [6, 6.07) is 12.2. The molecule has 192 valence electrons. The van der Waals surface area contributed by atoms with Crippen LogP contribution in [0.15, 0.2) is 54.6 Å². The lowest BCUT2D eigenvalue weighted by molar-refractivity contribution is -0.156. The van der Waals surface area contributed by atoms with Crippen LogP contribution in [-0.2, 0) is 19.1 Å². The summed E-state index contributed by atoms with van der Waals surface area (Å²) in [4.78, 5) is 42.3. The second-order valence-corrected chi connectivity index (χ2v) is 9.70. The van der Waals surface area contributed by atoms with Crippen molar-refractivity contribution in [3.05, 3.63) is 54.6 Å². The molecule has 2 N–H and O–H groups in total. The van der Waals surface area contributed by atoms with Crippen LogP contribution in [0.5, 0.6) is 0 Å². The number of nitrogens with zero attached hydrogens (tertiary/aromatic N) is 1. The molecule has 1 aliphatic heterocycles. The topological polar surface area (TPSA) is 95.9 Å². The minimum absolute atomic E-state index is 0.127. The Morgan fingerprint density at radius 3 is 2.50 bits per heavy atom. The molecule has 36 heavy (non-hydrogen) atoms. The van der Waals surface area contributed by atoms with Crippen molar-refractivity contribution in [2.24, 2.45) is 23.7 Å². The van der Waals surface area contributed by atoms with E-state index in [0.29, 0.717) is 12.1 Å². The number of benzene rings is 2. The van der Waals surface area contributed by atoms with E-state index < -0.39 is 35.8 Å². The Balaban J connectivity index is 1.71. The number of hydrogen-bond acceptors (Lipinski definition) is 5. The molecule has 0 unspecified atom stereocenters. The van der Waals surface area contributed by atoms with Crippen molar-refractivity contribution in [3.63, 3.8) is 0 Å². The largest absolute Gasteiger partial charge is 0.466 e. The van der Waals surface area contributed by atoms with E-state index in [1.807, 2.05) is 68.5 Å². The average Bonchev–Trinajstić information content (AvgIpc) is 3.17. The van der Waals surface area contributed by atoms with Gasteiger partial charge in [0.05, 0.1) is 31.1 Å². The molecule has 4 rings (SSSR count). The summed E-state index contributed by atoms with van der Waals surface area (Å²) in [5, 5.41) is 15.2. The van der Waals surface area contributed by atoms with Crippen LogP contribution in [0, 0.1) is 23.7 Å². The average molecular weight is 493 g/mol. The van der Waals surface area contributed by atoms with Gasteiger partial charge in [0, 0.05) is 11.6 Å². The van der Waals surface area contributed by atoms with Crippen LogP contribution in [0.2, 0.25) is 0 Å². The van der Waals surface area contributed by atoms with Crippen molar-refractivity contribution in [2.75, 3.05) is 18.5 Å². The van der Waals surface area contributed by atoms with Gasteiger partial charge in [0.2, 0.25) is 11.8 Å². The summed E-state index contributed by atoms with van der Waals surface area (Å²) >= 11 is 0. The van der Waals surface area contributed by atoms with Crippen molar-refractivity contribution in [1.82, 2.24) is 4.90 Å². The zero-order valence-electron chi connectivity index (χ0n) is 21.2. The van der Waals surface area contributed by atoms with Crippen LogP contribution in [0.3, 0.4) is 0 Å². The van der Waals surface area contributed by atoms with Crippen molar-refractivity contribution in [2.45, 2.75) is 52.1 Å². The lowest BCUT2D eigenvalue weighted by Crippen LogP contribution is -2.50.